The van der Waals surface area contributed by atoms with E-state index in [9.17, 15) is 41.8 Å². The molecule has 0 bridgehead atoms. The SMILES string of the molecule is CN1C(=O)[C@H](F)C[C@]2(C)C3CC[C@]4(C)[C@@H](C(=O)NCc5ccccc5F)CC[C@H]4C3CC[C@@H]12.CN1C(=O)[C@H](F)C[C@]2(C)C3CC[C@]4(C)[C@@H](C(=O)O)CC[C@H]4C3CC[C@@H]12.NCc1ccccc1F. The fourth-order valence-electron chi connectivity index (χ4n) is 16.9. The molecular formula is C54H74F4N4O5. The molecule has 6 aliphatic carbocycles. The number of amides is 3. The monoisotopic (exact) mass is 935 g/mol. The average molecular weight is 935 g/mol. The Balaban J connectivity index is 0.000000157. The lowest BCUT2D eigenvalue weighted by molar-refractivity contribution is -0.171. The van der Waals surface area contributed by atoms with Gasteiger partial charge in [0.2, 0.25) is 5.91 Å². The molecule has 8 fully saturated rings. The fraction of sp³-hybridized carbons (Fsp3) is 0.704. The Hall–Kier alpha value is -4.00. The third-order valence-corrected chi connectivity index (χ3v) is 20.2. The van der Waals surface area contributed by atoms with Crippen LogP contribution in [0.25, 0.3) is 0 Å². The Morgan fingerprint density at radius 3 is 1.48 bits per heavy atom. The summed E-state index contributed by atoms with van der Waals surface area (Å²) in [5.41, 5.74) is 5.74. The molecule has 67 heavy (non-hydrogen) atoms. The Bertz CT molecular complexity index is 2200. The van der Waals surface area contributed by atoms with E-state index in [-0.39, 0.29) is 88.0 Å². The van der Waals surface area contributed by atoms with Gasteiger partial charge in [0, 0.05) is 56.3 Å². The number of carbonyl (C=O) groups is 4. The van der Waals surface area contributed by atoms with Crippen LogP contribution in [0, 0.1) is 80.6 Å². The normalized spacial score (nSPS) is 41.7. The minimum absolute atomic E-state index is 0.0356. The number of fused-ring (bicyclic) bond motifs is 10. The van der Waals surface area contributed by atoms with Crippen molar-refractivity contribution in [2.75, 3.05) is 14.1 Å². The van der Waals surface area contributed by atoms with Crippen LogP contribution in [0.3, 0.4) is 0 Å². The van der Waals surface area contributed by atoms with Gasteiger partial charge in [-0.3, -0.25) is 19.2 Å². The van der Waals surface area contributed by atoms with Crippen LogP contribution in [0.15, 0.2) is 48.5 Å². The summed E-state index contributed by atoms with van der Waals surface area (Å²) >= 11 is 0. The first kappa shape index (κ1) is 49.4. The average Bonchev–Trinajstić information content (AvgIpc) is 3.85. The van der Waals surface area contributed by atoms with Gasteiger partial charge in [-0.2, -0.15) is 0 Å². The van der Waals surface area contributed by atoms with Gasteiger partial charge in [0.1, 0.15) is 11.6 Å². The molecular weight excluding hydrogens is 861 g/mol. The van der Waals surface area contributed by atoms with Crippen molar-refractivity contribution >= 4 is 23.7 Å². The first-order valence-corrected chi connectivity index (χ1v) is 25.2. The minimum Gasteiger partial charge on any atom is -0.481 e. The molecule has 2 aromatic rings. The second-order valence-electron chi connectivity index (χ2n) is 23.0. The molecule has 0 spiro atoms. The van der Waals surface area contributed by atoms with Gasteiger partial charge in [0.25, 0.3) is 11.8 Å². The summed E-state index contributed by atoms with van der Waals surface area (Å²) in [6.07, 6.45) is 9.31. The molecule has 2 saturated heterocycles. The lowest BCUT2D eigenvalue weighted by Gasteiger charge is -2.62. The molecule has 13 heteroatoms. The molecule has 2 heterocycles. The van der Waals surface area contributed by atoms with E-state index in [1.807, 2.05) is 0 Å². The largest absolute Gasteiger partial charge is 0.481 e. The third-order valence-electron chi connectivity index (χ3n) is 20.2. The van der Waals surface area contributed by atoms with Crippen LogP contribution in [0.4, 0.5) is 17.6 Å². The van der Waals surface area contributed by atoms with Crippen molar-refractivity contribution in [2.24, 2.45) is 74.7 Å². The zero-order chi connectivity index (χ0) is 48.4. The van der Waals surface area contributed by atoms with E-state index >= 15 is 0 Å². The van der Waals surface area contributed by atoms with E-state index in [0.29, 0.717) is 59.5 Å². The maximum absolute atomic E-state index is 14.7. The number of carboxylic acid groups (broad SMARTS) is 1. The van der Waals surface area contributed by atoms with Crippen LogP contribution in [-0.2, 0) is 32.3 Å². The molecule has 8 aliphatic rings. The summed E-state index contributed by atoms with van der Waals surface area (Å²) in [6.45, 7) is 9.34. The first-order chi connectivity index (χ1) is 31.7. The van der Waals surface area contributed by atoms with E-state index < -0.39 is 18.3 Å². The van der Waals surface area contributed by atoms with Gasteiger partial charge < -0.3 is 26.0 Å². The van der Waals surface area contributed by atoms with E-state index in [2.05, 4.69) is 33.0 Å². The Kier molecular flexibility index (Phi) is 13.8. The number of piperidine rings is 2. The standard InChI is InChI=1S/C27H36F2N2O2.C20H30FNO3.C7H8FN/c1-26-13-12-19-17(8-11-23-27(19,2)14-22(29)25(33)31(23)3)18(26)9-10-20(26)24(32)30-15-16-6-4-5-7-21(16)28;1-19-9-8-13-11(12(19)5-6-14(19)18(24)25)4-7-16-20(13,2)10-15(21)17(23)22(16)3;8-7-4-2-1-3-6(7)5-9/h4-7,17-20,22-23H,8-15H2,1-3H3,(H,30,32);11-16H,4-10H2,1-3H3,(H,24,25);1-4H,5,9H2/t17?,18-,19?,20+,22+,23+,26-,27+;11?,12-,13?,14+,15+,16+,19-,20+;/m00./s1. The van der Waals surface area contributed by atoms with Crippen LogP contribution >= 0.6 is 0 Å². The van der Waals surface area contributed by atoms with Crippen LogP contribution in [0.1, 0.15) is 129 Å². The fourth-order valence-corrected chi connectivity index (χ4v) is 16.9. The number of rotatable bonds is 5. The predicted molar refractivity (Wildman–Crippen MR) is 248 cm³/mol. The molecule has 9 nitrogen and oxygen atoms in total. The number of alkyl halides is 2. The summed E-state index contributed by atoms with van der Waals surface area (Å²) < 4.78 is 55.6. The predicted octanol–water partition coefficient (Wildman–Crippen LogP) is 9.65. The molecule has 16 atom stereocenters. The lowest BCUT2D eigenvalue weighted by Crippen LogP contribution is -2.64. The number of nitrogens with one attached hydrogen (secondary N) is 1. The summed E-state index contributed by atoms with van der Waals surface area (Å²) in [4.78, 5) is 52.8. The number of aliphatic carboxylic acids is 1. The van der Waals surface area contributed by atoms with Gasteiger partial charge in [-0.15, -0.1) is 0 Å². The van der Waals surface area contributed by atoms with Crippen molar-refractivity contribution in [3.05, 3.63) is 71.3 Å². The highest BCUT2D eigenvalue weighted by atomic mass is 19.1. The van der Waals surface area contributed by atoms with Crippen LogP contribution < -0.4 is 11.1 Å². The van der Waals surface area contributed by atoms with Gasteiger partial charge in [-0.1, -0.05) is 64.1 Å². The smallest absolute Gasteiger partial charge is 0.307 e. The highest BCUT2D eigenvalue weighted by Gasteiger charge is 2.65. The van der Waals surface area contributed by atoms with E-state index in [4.69, 9.17) is 5.73 Å². The number of hydrogen-bond donors (Lipinski definition) is 3. The lowest BCUT2D eigenvalue weighted by atomic mass is 9.46. The maximum atomic E-state index is 14.7. The van der Waals surface area contributed by atoms with Crippen molar-refractivity contribution in [1.29, 1.82) is 0 Å². The highest BCUT2D eigenvalue weighted by molar-refractivity contribution is 5.83. The molecule has 4 N–H and O–H groups in total. The Labute approximate surface area is 394 Å². The molecule has 0 radical (unpaired) electrons. The number of carboxylic acids is 1. The summed E-state index contributed by atoms with van der Waals surface area (Å²) in [5.74, 6) is 0.515. The topological polar surface area (TPSA) is 133 Å². The number of likely N-dealkylation sites (tertiary alicyclic amines) is 2. The quantitative estimate of drug-likeness (QED) is 0.256. The number of benzene rings is 2. The van der Waals surface area contributed by atoms with Crippen molar-refractivity contribution < 1.29 is 41.8 Å². The Morgan fingerprint density at radius 1 is 0.627 bits per heavy atom. The Morgan fingerprint density at radius 2 is 1.04 bits per heavy atom. The van der Waals surface area contributed by atoms with Crippen LogP contribution in [-0.4, -0.2) is 77.1 Å². The van der Waals surface area contributed by atoms with E-state index in [1.54, 1.807) is 60.3 Å². The second kappa shape index (κ2) is 18.7. The van der Waals surface area contributed by atoms with E-state index in [1.165, 1.54) is 12.1 Å². The molecule has 0 aromatic heterocycles. The number of nitrogens with two attached hydrogens (primary N) is 1. The number of carbonyl (C=O) groups excluding carboxylic acids is 3. The minimum atomic E-state index is -1.40. The number of halogens is 4. The molecule has 4 unspecified atom stereocenters. The van der Waals surface area contributed by atoms with Crippen molar-refractivity contribution in [2.45, 2.75) is 155 Å². The third kappa shape index (κ3) is 8.40. The molecule has 6 saturated carbocycles. The maximum Gasteiger partial charge on any atom is 0.307 e. The van der Waals surface area contributed by atoms with Crippen molar-refractivity contribution in [3.63, 3.8) is 0 Å². The van der Waals surface area contributed by atoms with Crippen molar-refractivity contribution in [1.82, 2.24) is 15.1 Å². The van der Waals surface area contributed by atoms with Gasteiger partial charge in [-0.25, -0.2) is 17.6 Å². The van der Waals surface area contributed by atoms with Gasteiger partial charge in [-0.05, 0) is 159 Å². The van der Waals surface area contributed by atoms with Gasteiger partial charge >= 0.3 is 5.97 Å². The summed E-state index contributed by atoms with van der Waals surface area (Å²) in [7, 11) is 3.54. The molecule has 2 aliphatic heterocycles. The summed E-state index contributed by atoms with van der Waals surface area (Å²) in [5, 5.41) is 12.7. The van der Waals surface area contributed by atoms with E-state index in [0.717, 1.165) is 77.0 Å². The first-order valence-electron chi connectivity index (χ1n) is 25.2. The van der Waals surface area contributed by atoms with Crippen LogP contribution in [0.2, 0.25) is 0 Å². The number of nitrogens with zero attached hydrogens (tertiary/aromatic N) is 2. The van der Waals surface area contributed by atoms with Gasteiger partial charge in [0.15, 0.2) is 12.3 Å². The summed E-state index contributed by atoms with van der Waals surface area (Å²) in [6, 6.07) is 13.3. The highest BCUT2D eigenvalue weighted by Crippen LogP contribution is 2.68. The number of hydrogen-bond acceptors (Lipinski definition) is 5. The molecule has 368 valence electrons. The molecule has 3 amide bonds. The van der Waals surface area contributed by atoms with Crippen LogP contribution in [0.5, 0.6) is 0 Å². The van der Waals surface area contributed by atoms with Gasteiger partial charge in [0.05, 0.1) is 5.92 Å². The zero-order valence-electron chi connectivity index (χ0n) is 40.4. The molecule has 10 rings (SSSR count). The second-order valence-corrected chi connectivity index (χ2v) is 23.0. The van der Waals surface area contributed by atoms with Crippen molar-refractivity contribution in [3.8, 4) is 0 Å². The molecule has 2 aromatic carbocycles. The zero-order valence-corrected chi connectivity index (χ0v) is 40.4.